The van der Waals surface area contributed by atoms with Gasteiger partial charge in [-0.1, -0.05) is 13.8 Å². The fourth-order valence-electron chi connectivity index (χ4n) is 4.58. The molecule has 6 heteroatoms. The minimum absolute atomic E-state index is 0.00581. The predicted molar refractivity (Wildman–Crippen MR) is 85.8 cm³/mol. The Balaban J connectivity index is 1.36. The van der Waals surface area contributed by atoms with Gasteiger partial charge in [0.1, 0.15) is 5.76 Å². The molecular weight excluding hydrogens is 308 g/mol. The molecule has 3 fully saturated rings. The molecule has 2 saturated heterocycles. The first-order valence-electron chi connectivity index (χ1n) is 8.69. The topological polar surface area (TPSA) is 71.8 Å². The van der Waals surface area contributed by atoms with Crippen molar-refractivity contribution in [3.05, 3.63) is 24.2 Å². The number of hydrogen-bond acceptors (Lipinski definition) is 4. The first kappa shape index (κ1) is 15.7. The second kappa shape index (κ2) is 5.62. The lowest BCUT2D eigenvalue weighted by molar-refractivity contribution is -0.141. The van der Waals surface area contributed by atoms with Gasteiger partial charge in [-0.3, -0.25) is 9.59 Å². The number of fused-ring (bicyclic) bond motifs is 1. The number of likely N-dealkylation sites (tertiary alicyclic amines) is 1. The fourth-order valence-corrected chi connectivity index (χ4v) is 4.58. The van der Waals surface area contributed by atoms with Crippen LogP contribution in [-0.4, -0.2) is 42.0 Å². The van der Waals surface area contributed by atoms with E-state index >= 15 is 0 Å². The van der Waals surface area contributed by atoms with Crippen molar-refractivity contribution in [2.75, 3.05) is 13.2 Å². The Morgan fingerprint density at radius 2 is 2.29 bits per heavy atom. The third-order valence-corrected chi connectivity index (χ3v) is 5.91. The van der Waals surface area contributed by atoms with Gasteiger partial charge < -0.3 is 19.4 Å². The van der Waals surface area contributed by atoms with Crippen molar-refractivity contribution in [1.82, 2.24) is 10.2 Å². The Morgan fingerprint density at radius 1 is 1.46 bits per heavy atom. The van der Waals surface area contributed by atoms with Crippen molar-refractivity contribution in [1.29, 1.82) is 0 Å². The summed E-state index contributed by atoms with van der Waals surface area (Å²) in [5, 5.41) is 3.20. The Kier molecular flexibility index (Phi) is 3.67. The van der Waals surface area contributed by atoms with Crippen LogP contribution in [0, 0.1) is 17.3 Å². The second-order valence-electron chi connectivity index (χ2n) is 7.81. The van der Waals surface area contributed by atoms with Crippen LogP contribution in [0.25, 0.3) is 0 Å². The van der Waals surface area contributed by atoms with E-state index in [0.29, 0.717) is 19.0 Å². The van der Waals surface area contributed by atoms with Gasteiger partial charge in [0.2, 0.25) is 11.8 Å². The van der Waals surface area contributed by atoms with Gasteiger partial charge in [-0.25, -0.2) is 0 Å². The van der Waals surface area contributed by atoms with Gasteiger partial charge in [0.15, 0.2) is 0 Å². The smallest absolute Gasteiger partial charge is 0.225 e. The van der Waals surface area contributed by atoms with E-state index < -0.39 is 0 Å². The highest BCUT2D eigenvalue weighted by atomic mass is 16.5. The standard InChI is InChI=1S/C18H24N2O4/c1-18(2)15(13-5-7-24-16(13)18)19-17(22)11-8-14(21)20(9-11)10-12-4-3-6-23-12/h3-4,6,11,13,15-16H,5,7-10H2,1-2H3,(H,19,22)/t11-,13+,15-,16+/m1/s1. The van der Waals surface area contributed by atoms with E-state index in [4.69, 9.17) is 9.15 Å². The number of nitrogens with one attached hydrogen (secondary N) is 1. The van der Waals surface area contributed by atoms with Gasteiger partial charge in [-0.05, 0) is 18.6 Å². The van der Waals surface area contributed by atoms with Crippen molar-refractivity contribution < 1.29 is 18.7 Å². The Bertz CT molecular complexity index is 639. The Hall–Kier alpha value is -1.82. The lowest BCUT2D eigenvalue weighted by Gasteiger charge is -2.54. The number of ether oxygens (including phenoxy) is 1. The van der Waals surface area contributed by atoms with Crippen molar-refractivity contribution in [3.8, 4) is 0 Å². The first-order valence-corrected chi connectivity index (χ1v) is 8.69. The molecular formula is C18H24N2O4. The van der Waals surface area contributed by atoms with Gasteiger partial charge in [-0.2, -0.15) is 0 Å². The number of hydrogen-bond donors (Lipinski definition) is 1. The number of rotatable bonds is 4. The molecule has 1 N–H and O–H groups in total. The number of nitrogens with zero attached hydrogens (tertiary/aromatic N) is 1. The highest BCUT2D eigenvalue weighted by Gasteiger charge is 2.60. The summed E-state index contributed by atoms with van der Waals surface area (Å²) in [5.74, 6) is 0.899. The van der Waals surface area contributed by atoms with Gasteiger partial charge in [-0.15, -0.1) is 0 Å². The molecule has 0 aromatic carbocycles. The molecule has 24 heavy (non-hydrogen) atoms. The quantitative estimate of drug-likeness (QED) is 0.908. The van der Waals surface area contributed by atoms with E-state index in [1.165, 1.54) is 0 Å². The van der Waals surface area contributed by atoms with Crippen LogP contribution in [-0.2, 0) is 20.9 Å². The van der Waals surface area contributed by atoms with Crippen molar-refractivity contribution in [2.24, 2.45) is 17.3 Å². The van der Waals surface area contributed by atoms with Crippen molar-refractivity contribution in [3.63, 3.8) is 0 Å². The van der Waals surface area contributed by atoms with Crippen LogP contribution in [0.4, 0.5) is 0 Å². The Morgan fingerprint density at radius 3 is 3.04 bits per heavy atom. The molecule has 3 aliphatic rings. The van der Waals surface area contributed by atoms with E-state index in [1.807, 2.05) is 6.07 Å². The maximum Gasteiger partial charge on any atom is 0.225 e. The summed E-state index contributed by atoms with van der Waals surface area (Å²) in [6.45, 7) is 5.97. The average molecular weight is 332 g/mol. The summed E-state index contributed by atoms with van der Waals surface area (Å²) in [6, 6.07) is 3.79. The molecule has 2 amide bonds. The summed E-state index contributed by atoms with van der Waals surface area (Å²) in [7, 11) is 0. The lowest BCUT2D eigenvalue weighted by Crippen LogP contribution is -2.67. The molecule has 1 saturated carbocycles. The minimum atomic E-state index is -0.273. The molecule has 3 heterocycles. The largest absolute Gasteiger partial charge is 0.467 e. The van der Waals surface area contributed by atoms with Gasteiger partial charge in [0.05, 0.1) is 24.8 Å². The third kappa shape index (κ3) is 2.44. The maximum atomic E-state index is 12.7. The minimum Gasteiger partial charge on any atom is -0.467 e. The van der Waals surface area contributed by atoms with E-state index in [-0.39, 0.29) is 41.7 Å². The van der Waals surface area contributed by atoms with Crippen LogP contribution in [0.5, 0.6) is 0 Å². The molecule has 0 spiro atoms. The molecule has 0 bridgehead atoms. The zero-order valence-electron chi connectivity index (χ0n) is 14.2. The summed E-state index contributed by atoms with van der Waals surface area (Å²) in [4.78, 5) is 26.5. The third-order valence-electron chi connectivity index (χ3n) is 5.91. The van der Waals surface area contributed by atoms with Crippen LogP contribution in [0.2, 0.25) is 0 Å². The zero-order chi connectivity index (χ0) is 16.9. The SMILES string of the molecule is CC1(C)[C@H](NC(=O)[C@@H]2CC(=O)N(Cc3ccco3)C2)[C@@H]2CCO[C@@H]21. The van der Waals surface area contributed by atoms with Crippen LogP contribution < -0.4 is 5.32 Å². The summed E-state index contributed by atoms with van der Waals surface area (Å²) >= 11 is 0. The maximum absolute atomic E-state index is 12.7. The van der Waals surface area contributed by atoms with E-state index in [9.17, 15) is 9.59 Å². The summed E-state index contributed by atoms with van der Waals surface area (Å²) in [6.07, 6.45) is 3.14. The van der Waals surface area contributed by atoms with Gasteiger partial charge in [0.25, 0.3) is 0 Å². The molecule has 0 radical (unpaired) electrons. The lowest BCUT2D eigenvalue weighted by atomic mass is 9.57. The predicted octanol–water partition coefficient (Wildman–Crippen LogP) is 1.56. The molecule has 4 atom stereocenters. The molecule has 1 aromatic rings. The van der Waals surface area contributed by atoms with Crippen molar-refractivity contribution >= 4 is 11.8 Å². The fraction of sp³-hybridized carbons (Fsp3) is 0.667. The monoisotopic (exact) mass is 332 g/mol. The zero-order valence-corrected chi connectivity index (χ0v) is 14.2. The van der Waals surface area contributed by atoms with E-state index in [2.05, 4.69) is 19.2 Å². The second-order valence-corrected chi connectivity index (χ2v) is 7.81. The summed E-state index contributed by atoms with van der Waals surface area (Å²) in [5.41, 5.74) is -0.0344. The average Bonchev–Trinajstić information content (AvgIpc) is 3.26. The van der Waals surface area contributed by atoms with E-state index in [0.717, 1.165) is 18.8 Å². The van der Waals surface area contributed by atoms with Crippen molar-refractivity contribution in [2.45, 2.75) is 45.4 Å². The Labute approximate surface area is 141 Å². The molecule has 4 rings (SSSR count). The van der Waals surface area contributed by atoms with E-state index in [1.54, 1.807) is 17.2 Å². The van der Waals surface area contributed by atoms with Crippen LogP contribution in [0.1, 0.15) is 32.4 Å². The number of furan rings is 1. The first-order chi connectivity index (χ1) is 11.5. The highest BCUT2D eigenvalue weighted by molar-refractivity contribution is 5.89. The molecule has 1 aliphatic carbocycles. The van der Waals surface area contributed by atoms with Crippen LogP contribution >= 0.6 is 0 Å². The summed E-state index contributed by atoms with van der Waals surface area (Å²) < 4.78 is 11.1. The molecule has 0 unspecified atom stereocenters. The highest BCUT2D eigenvalue weighted by Crippen LogP contribution is 2.52. The molecule has 130 valence electrons. The number of amides is 2. The van der Waals surface area contributed by atoms with Gasteiger partial charge in [0, 0.05) is 36.9 Å². The molecule has 2 aliphatic heterocycles. The van der Waals surface area contributed by atoms with Gasteiger partial charge >= 0.3 is 0 Å². The number of carbonyl (C=O) groups excluding carboxylic acids is 2. The van der Waals surface area contributed by atoms with Crippen LogP contribution in [0.15, 0.2) is 22.8 Å². The molecule has 6 nitrogen and oxygen atoms in total. The normalized spacial score (nSPS) is 34.1. The van der Waals surface area contributed by atoms with Crippen LogP contribution in [0.3, 0.4) is 0 Å². The molecule has 1 aromatic heterocycles. The number of carbonyl (C=O) groups is 2.